The maximum atomic E-state index is 14.6. The van der Waals surface area contributed by atoms with Gasteiger partial charge in [0.1, 0.15) is 18.1 Å². The predicted molar refractivity (Wildman–Crippen MR) is 114 cm³/mol. The summed E-state index contributed by atoms with van der Waals surface area (Å²) in [5.74, 6) is -2.63. The number of aliphatic hydroxyl groups excluding tert-OH is 1. The summed E-state index contributed by atoms with van der Waals surface area (Å²) >= 11 is 0. The van der Waals surface area contributed by atoms with E-state index in [0.717, 1.165) is 11.8 Å². The van der Waals surface area contributed by atoms with Crippen LogP contribution in [-0.2, 0) is 22.4 Å². The number of halogens is 2. The lowest BCUT2D eigenvalue weighted by Gasteiger charge is -2.43. The van der Waals surface area contributed by atoms with Crippen molar-refractivity contribution in [2.75, 3.05) is 24.3 Å². The molecule has 0 spiro atoms. The normalized spacial score (nSPS) is 26.0. The van der Waals surface area contributed by atoms with Crippen LogP contribution in [0.15, 0.2) is 22.6 Å². The molecule has 3 heterocycles. The van der Waals surface area contributed by atoms with Crippen molar-refractivity contribution in [3.63, 3.8) is 0 Å². The second kappa shape index (κ2) is 7.17. The first-order valence-corrected chi connectivity index (χ1v) is 12.1. The Hall–Kier alpha value is -2.66. The summed E-state index contributed by atoms with van der Waals surface area (Å²) in [6, 6.07) is 5.04. The number of aromatic nitrogens is 2. The summed E-state index contributed by atoms with van der Waals surface area (Å²) in [6.07, 6.45) is 1.66. The largest absolute Gasteiger partial charge is 0.492 e. The SMILES string of the molecule is C[C@H]1[C@H](O)CN1c1nc(-c2ccc3c(c2)OCC3/C=N\S(C)(=O)=O)c2c(n1)C(F)(F)CC2. The fourth-order valence-electron chi connectivity index (χ4n) is 4.32. The minimum atomic E-state index is -3.50. The zero-order chi connectivity index (χ0) is 22.8. The Labute approximate surface area is 184 Å². The first-order valence-electron chi connectivity index (χ1n) is 10.3. The van der Waals surface area contributed by atoms with Gasteiger partial charge in [0.15, 0.2) is 0 Å². The molecule has 3 aliphatic rings. The van der Waals surface area contributed by atoms with E-state index in [1.54, 1.807) is 30.0 Å². The minimum absolute atomic E-state index is 0.164. The van der Waals surface area contributed by atoms with Crippen LogP contribution in [0.4, 0.5) is 14.7 Å². The number of sulfonamides is 1. The summed E-state index contributed by atoms with van der Waals surface area (Å²) in [6.45, 7) is 2.33. The van der Waals surface area contributed by atoms with Gasteiger partial charge < -0.3 is 14.7 Å². The Morgan fingerprint density at radius 3 is 2.81 bits per heavy atom. The van der Waals surface area contributed by atoms with Gasteiger partial charge in [-0.2, -0.15) is 13.2 Å². The maximum Gasteiger partial charge on any atom is 0.290 e. The van der Waals surface area contributed by atoms with E-state index in [-0.39, 0.29) is 43.1 Å². The van der Waals surface area contributed by atoms with Gasteiger partial charge in [-0.15, -0.1) is 0 Å². The van der Waals surface area contributed by atoms with Crippen molar-refractivity contribution in [1.82, 2.24) is 9.97 Å². The number of nitrogens with zero attached hydrogens (tertiary/aromatic N) is 4. The molecular formula is C21H22F2N4O4S. The topological polar surface area (TPSA) is 105 Å². The number of hydrogen-bond donors (Lipinski definition) is 1. The van der Waals surface area contributed by atoms with Crippen molar-refractivity contribution in [2.24, 2.45) is 4.40 Å². The number of rotatable bonds is 4. The van der Waals surface area contributed by atoms with Crippen LogP contribution in [0.2, 0.25) is 0 Å². The molecule has 1 aromatic heterocycles. The molecule has 1 aliphatic carbocycles. The van der Waals surface area contributed by atoms with Gasteiger partial charge >= 0.3 is 0 Å². The van der Waals surface area contributed by atoms with E-state index in [2.05, 4.69) is 14.4 Å². The molecular weight excluding hydrogens is 442 g/mol. The van der Waals surface area contributed by atoms with E-state index in [9.17, 15) is 22.3 Å². The number of aliphatic hydroxyl groups is 1. The molecule has 1 unspecified atom stereocenters. The third-order valence-corrected chi connectivity index (χ3v) is 6.76. The van der Waals surface area contributed by atoms with E-state index in [0.29, 0.717) is 29.1 Å². The van der Waals surface area contributed by atoms with Gasteiger partial charge in [0, 0.05) is 35.9 Å². The van der Waals surface area contributed by atoms with Gasteiger partial charge in [0.25, 0.3) is 5.92 Å². The molecule has 170 valence electrons. The molecule has 3 atom stereocenters. The molecule has 1 aromatic carbocycles. The molecule has 1 fully saturated rings. The molecule has 2 aliphatic heterocycles. The Bertz CT molecular complexity index is 1230. The van der Waals surface area contributed by atoms with Crippen LogP contribution < -0.4 is 9.64 Å². The lowest BCUT2D eigenvalue weighted by Crippen LogP contribution is -2.59. The van der Waals surface area contributed by atoms with Gasteiger partial charge in [-0.25, -0.2) is 18.4 Å². The van der Waals surface area contributed by atoms with Gasteiger partial charge in [-0.3, -0.25) is 0 Å². The molecule has 11 heteroatoms. The first kappa shape index (κ1) is 21.2. The number of β-amino-alcohol motifs (C(OH)–C–C–N with tert-alkyl or cyclic N) is 1. The van der Waals surface area contributed by atoms with Crippen LogP contribution in [0.5, 0.6) is 5.75 Å². The number of alkyl halides is 2. The molecule has 2 aromatic rings. The van der Waals surface area contributed by atoms with E-state index in [4.69, 9.17) is 4.74 Å². The molecule has 32 heavy (non-hydrogen) atoms. The average Bonchev–Trinajstić information content (AvgIpc) is 3.29. The highest BCUT2D eigenvalue weighted by molar-refractivity contribution is 7.89. The smallest absolute Gasteiger partial charge is 0.290 e. The highest BCUT2D eigenvalue weighted by Crippen LogP contribution is 2.46. The molecule has 1 N–H and O–H groups in total. The maximum absolute atomic E-state index is 14.6. The zero-order valence-electron chi connectivity index (χ0n) is 17.5. The van der Waals surface area contributed by atoms with Crippen molar-refractivity contribution in [3.8, 4) is 17.0 Å². The third kappa shape index (κ3) is 3.53. The van der Waals surface area contributed by atoms with Crippen LogP contribution in [0.25, 0.3) is 11.3 Å². The lowest BCUT2D eigenvalue weighted by atomic mass is 9.98. The Kier molecular flexibility index (Phi) is 4.75. The second-order valence-corrected chi connectivity index (χ2v) is 10.2. The number of hydrogen-bond acceptors (Lipinski definition) is 7. The third-order valence-electron chi connectivity index (χ3n) is 6.26. The average molecular weight is 464 g/mol. The van der Waals surface area contributed by atoms with Crippen molar-refractivity contribution in [3.05, 3.63) is 35.0 Å². The molecule has 5 rings (SSSR count). The van der Waals surface area contributed by atoms with E-state index in [1.165, 1.54) is 6.21 Å². The summed E-state index contributed by atoms with van der Waals surface area (Å²) in [7, 11) is -3.50. The van der Waals surface area contributed by atoms with Gasteiger partial charge in [0.2, 0.25) is 16.0 Å². The Morgan fingerprint density at radius 2 is 2.12 bits per heavy atom. The Balaban J connectivity index is 1.56. The fraction of sp³-hybridized carbons (Fsp3) is 0.476. The standard InChI is InChI=1S/C21H22F2N4O4S/c1-11-16(28)9-27(11)20-25-18(15-5-6-21(22,23)19(15)26-20)12-3-4-14-13(8-24-32(2,29)30)10-31-17(14)7-12/h3-4,7-8,11,13,16,28H,5-6,9-10H2,1-2H3/b24-8-/t11-,13?,16+/m0/s1. The van der Waals surface area contributed by atoms with Crippen molar-refractivity contribution < 1.29 is 27.0 Å². The fourth-order valence-corrected chi connectivity index (χ4v) is 4.69. The van der Waals surface area contributed by atoms with E-state index < -0.39 is 22.0 Å². The van der Waals surface area contributed by atoms with Crippen LogP contribution in [0.3, 0.4) is 0 Å². The molecule has 8 nitrogen and oxygen atoms in total. The summed E-state index contributed by atoms with van der Waals surface area (Å²) < 4.78 is 61.1. The summed E-state index contributed by atoms with van der Waals surface area (Å²) in [5, 5.41) is 9.85. The predicted octanol–water partition coefficient (Wildman–Crippen LogP) is 2.26. The summed E-state index contributed by atoms with van der Waals surface area (Å²) in [4.78, 5) is 10.5. The number of anilines is 1. The van der Waals surface area contributed by atoms with Gasteiger partial charge in [-0.1, -0.05) is 12.1 Å². The quantitative estimate of drug-likeness (QED) is 0.692. The highest BCUT2D eigenvalue weighted by Gasteiger charge is 2.45. The van der Waals surface area contributed by atoms with Gasteiger partial charge in [0.05, 0.1) is 30.0 Å². The minimum Gasteiger partial charge on any atom is -0.492 e. The lowest BCUT2D eigenvalue weighted by molar-refractivity contribution is -0.00603. The first-order chi connectivity index (χ1) is 15.0. The molecule has 0 saturated carbocycles. The summed E-state index contributed by atoms with van der Waals surface area (Å²) in [5.41, 5.74) is 1.98. The van der Waals surface area contributed by atoms with Crippen molar-refractivity contribution in [2.45, 2.75) is 43.8 Å². The van der Waals surface area contributed by atoms with Crippen LogP contribution >= 0.6 is 0 Å². The van der Waals surface area contributed by atoms with Crippen LogP contribution in [0, 0.1) is 0 Å². The zero-order valence-corrected chi connectivity index (χ0v) is 18.3. The van der Waals surface area contributed by atoms with E-state index in [1.807, 2.05) is 0 Å². The van der Waals surface area contributed by atoms with Crippen LogP contribution in [0.1, 0.15) is 36.1 Å². The number of fused-ring (bicyclic) bond motifs is 2. The Morgan fingerprint density at radius 1 is 1.34 bits per heavy atom. The van der Waals surface area contributed by atoms with Crippen LogP contribution in [-0.4, -0.2) is 61.3 Å². The molecule has 0 bridgehead atoms. The van der Waals surface area contributed by atoms with Crippen molar-refractivity contribution in [1.29, 1.82) is 0 Å². The van der Waals surface area contributed by atoms with Crippen molar-refractivity contribution >= 4 is 22.2 Å². The molecule has 0 radical (unpaired) electrons. The molecule has 0 amide bonds. The molecule has 1 saturated heterocycles. The number of benzene rings is 1. The monoisotopic (exact) mass is 464 g/mol. The highest BCUT2D eigenvalue weighted by atomic mass is 32.2. The second-order valence-electron chi connectivity index (χ2n) is 8.52. The van der Waals surface area contributed by atoms with Gasteiger partial charge in [-0.05, 0) is 19.4 Å². The number of ether oxygens (including phenoxy) is 1. The van der Waals surface area contributed by atoms with E-state index >= 15 is 0 Å².